The minimum Gasteiger partial charge on any atom is -0.382 e. The van der Waals surface area contributed by atoms with Gasteiger partial charge in [0.2, 0.25) is 0 Å². The van der Waals surface area contributed by atoms with Crippen LogP contribution in [0, 0.1) is 0 Å². The molecule has 3 nitrogen and oxygen atoms in total. The van der Waals surface area contributed by atoms with Crippen LogP contribution < -0.4 is 5.73 Å². The summed E-state index contributed by atoms with van der Waals surface area (Å²) in [7, 11) is 0. The van der Waals surface area contributed by atoms with Gasteiger partial charge < -0.3 is 5.73 Å². The van der Waals surface area contributed by atoms with E-state index >= 15 is 0 Å². The van der Waals surface area contributed by atoms with Gasteiger partial charge in [-0.15, -0.1) is 0 Å². The molecule has 1 aromatic rings. The fraction of sp³-hybridized carbons (Fsp3) is 0.500. The molecule has 0 saturated heterocycles. The Morgan fingerprint density at radius 1 is 1.27 bits per heavy atom. The molecule has 2 N–H and O–H groups in total. The van der Waals surface area contributed by atoms with Crippen LogP contribution in [0.3, 0.4) is 0 Å². The Labute approximate surface area is 90.4 Å². The molecule has 1 fully saturated rings. The summed E-state index contributed by atoms with van der Waals surface area (Å²) in [5, 5.41) is 0. The first-order valence-electron chi connectivity index (χ1n) is 5.61. The summed E-state index contributed by atoms with van der Waals surface area (Å²) >= 11 is 0. The molecular weight excluding hydrogens is 186 g/mol. The molecule has 1 heterocycles. The van der Waals surface area contributed by atoms with Gasteiger partial charge in [-0.25, -0.2) is 0 Å². The molecule has 1 aliphatic carbocycles. The topological polar surface area (TPSA) is 51.3 Å². The van der Waals surface area contributed by atoms with E-state index in [-0.39, 0.29) is 0 Å². The lowest BCUT2D eigenvalue weighted by Crippen LogP contribution is -2.20. The van der Waals surface area contributed by atoms with E-state index in [1.165, 1.54) is 32.1 Å². The number of hydrogen-bond donors (Lipinski definition) is 1. The number of aliphatic imine (C=N–C) groups is 1. The Hall–Kier alpha value is -1.38. The third-order valence-electron chi connectivity index (χ3n) is 2.82. The van der Waals surface area contributed by atoms with Crippen molar-refractivity contribution in [1.82, 2.24) is 4.98 Å². The standard InChI is InChI=1S/C12H17N3/c13-12(11-8-4-5-9-14-11)15-10-6-2-1-3-7-10/h4-5,8-10H,1-3,6-7H2,(H2,13,15). The predicted molar refractivity (Wildman–Crippen MR) is 61.8 cm³/mol. The van der Waals surface area contributed by atoms with Crippen molar-refractivity contribution in [2.24, 2.45) is 10.7 Å². The normalized spacial score (nSPS) is 19.1. The van der Waals surface area contributed by atoms with Gasteiger partial charge in [-0.05, 0) is 25.0 Å². The van der Waals surface area contributed by atoms with Crippen molar-refractivity contribution in [1.29, 1.82) is 0 Å². The molecule has 0 aliphatic heterocycles. The van der Waals surface area contributed by atoms with Crippen LogP contribution in [0.2, 0.25) is 0 Å². The van der Waals surface area contributed by atoms with Gasteiger partial charge >= 0.3 is 0 Å². The molecular formula is C12H17N3. The van der Waals surface area contributed by atoms with Gasteiger partial charge in [0.15, 0.2) is 0 Å². The summed E-state index contributed by atoms with van der Waals surface area (Å²) in [6, 6.07) is 6.14. The molecule has 3 heteroatoms. The minimum absolute atomic E-state index is 0.417. The lowest BCUT2D eigenvalue weighted by Gasteiger charge is -2.18. The summed E-state index contributed by atoms with van der Waals surface area (Å²) in [6.45, 7) is 0. The monoisotopic (exact) mass is 203 g/mol. The van der Waals surface area contributed by atoms with Gasteiger partial charge in [0.1, 0.15) is 11.5 Å². The van der Waals surface area contributed by atoms with Crippen LogP contribution in [-0.2, 0) is 0 Å². The first kappa shape index (κ1) is 10.1. The van der Waals surface area contributed by atoms with Crippen LogP contribution in [0.5, 0.6) is 0 Å². The molecule has 80 valence electrons. The molecule has 0 radical (unpaired) electrons. The van der Waals surface area contributed by atoms with Crippen molar-refractivity contribution >= 4 is 5.84 Å². The minimum atomic E-state index is 0.417. The van der Waals surface area contributed by atoms with E-state index in [1.807, 2.05) is 18.2 Å². The highest BCUT2D eigenvalue weighted by atomic mass is 14.9. The van der Waals surface area contributed by atoms with Gasteiger partial charge in [-0.2, -0.15) is 0 Å². The second-order valence-corrected chi connectivity index (χ2v) is 4.02. The van der Waals surface area contributed by atoms with E-state index in [9.17, 15) is 0 Å². The maximum atomic E-state index is 5.91. The van der Waals surface area contributed by atoms with Crippen LogP contribution in [0.4, 0.5) is 0 Å². The fourth-order valence-electron chi connectivity index (χ4n) is 1.99. The van der Waals surface area contributed by atoms with Gasteiger partial charge in [-0.1, -0.05) is 25.3 Å². The van der Waals surface area contributed by atoms with Gasteiger partial charge in [-0.3, -0.25) is 9.98 Å². The van der Waals surface area contributed by atoms with Crippen molar-refractivity contribution in [2.45, 2.75) is 38.1 Å². The van der Waals surface area contributed by atoms with E-state index in [0.717, 1.165) is 5.69 Å². The third kappa shape index (κ3) is 2.78. The lowest BCUT2D eigenvalue weighted by molar-refractivity contribution is 0.443. The summed E-state index contributed by atoms with van der Waals surface area (Å²) in [5.41, 5.74) is 6.71. The molecule has 1 aliphatic rings. The summed E-state index contributed by atoms with van der Waals surface area (Å²) in [5.74, 6) is 0.586. The molecule has 0 spiro atoms. The maximum absolute atomic E-state index is 5.91. The maximum Gasteiger partial charge on any atom is 0.144 e. The predicted octanol–water partition coefficient (Wildman–Crippen LogP) is 2.12. The zero-order chi connectivity index (χ0) is 10.5. The van der Waals surface area contributed by atoms with Gasteiger partial charge in [0.25, 0.3) is 0 Å². The first-order chi connectivity index (χ1) is 7.36. The zero-order valence-electron chi connectivity index (χ0n) is 8.89. The van der Waals surface area contributed by atoms with Crippen LogP contribution in [0.25, 0.3) is 0 Å². The number of aromatic nitrogens is 1. The van der Waals surface area contributed by atoms with E-state index in [0.29, 0.717) is 11.9 Å². The number of hydrogen-bond acceptors (Lipinski definition) is 2. The van der Waals surface area contributed by atoms with Crippen molar-refractivity contribution in [3.8, 4) is 0 Å². The Kier molecular flexibility index (Phi) is 3.33. The molecule has 0 aromatic carbocycles. The second-order valence-electron chi connectivity index (χ2n) is 4.02. The average molecular weight is 203 g/mol. The third-order valence-corrected chi connectivity index (χ3v) is 2.82. The lowest BCUT2D eigenvalue weighted by atomic mass is 9.96. The van der Waals surface area contributed by atoms with Crippen molar-refractivity contribution in [3.63, 3.8) is 0 Å². The molecule has 0 bridgehead atoms. The van der Waals surface area contributed by atoms with Crippen molar-refractivity contribution in [2.75, 3.05) is 0 Å². The summed E-state index contributed by atoms with van der Waals surface area (Å²) in [4.78, 5) is 8.73. The molecule has 1 saturated carbocycles. The molecule has 0 amide bonds. The number of nitrogens with two attached hydrogens (primary N) is 1. The van der Waals surface area contributed by atoms with E-state index in [2.05, 4.69) is 9.98 Å². The molecule has 2 rings (SSSR count). The highest BCUT2D eigenvalue weighted by Crippen LogP contribution is 2.20. The molecule has 0 atom stereocenters. The van der Waals surface area contributed by atoms with Crippen LogP contribution >= 0.6 is 0 Å². The van der Waals surface area contributed by atoms with Gasteiger partial charge in [0.05, 0.1) is 6.04 Å². The number of rotatable bonds is 2. The Bertz CT molecular complexity index is 326. The second kappa shape index (κ2) is 4.91. The Morgan fingerprint density at radius 2 is 2.07 bits per heavy atom. The Balaban J connectivity index is 2.06. The van der Waals surface area contributed by atoms with E-state index in [1.54, 1.807) is 6.20 Å². The van der Waals surface area contributed by atoms with Crippen molar-refractivity contribution in [3.05, 3.63) is 30.1 Å². The molecule has 15 heavy (non-hydrogen) atoms. The first-order valence-corrected chi connectivity index (χ1v) is 5.61. The number of nitrogens with zero attached hydrogens (tertiary/aromatic N) is 2. The summed E-state index contributed by atoms with van der Waals surface area (Å²) in [6.07, 6.45) is 8.00. The fourth-order valence-corrected chi connectivity index (χ4v) is 1.99. The SMILES string of the molecule is NC(=NC1CCCCC1)c1ccccn1. The Morgan fingerprint density at radius 3 is 2.73 bits per heavy atom. The van der Waals surface area contributed by atoms with Crippen molar-refractivity contribution < 1.29 is 0 Å². The summed E-state index contributed by atoms with van der Waals surface area (Å²) < 4.78 is 0. The van der Waals surface area contributed by atoms with Gasteiger partial charge in [0, 0.05) is 6.20 Å². The van der Waals surface area contributed by atoms with Crippen LogP contribution in [0.1, 0.15) is 37.8 Å². The largest absolute Gasteiger partial charge is 0.382 e. The molecule has 1 aromatic heterocycles. The average Bonchev–Trinajstić information content (AvgIpc) is 2.31. The van der Waals surface area contributed by atoms with E-state index in [4.69, 9.17) is 5.73 Å². The molecule has 0 unspecified atom stereocenters. The van der Waals surface area contributed by atoms with E-state index < -0.39 is 0 Å². The highest BCUT2D eigenvalue weighted by Gasteiger charge is 2.12. The quantitative estimate of drug-likeness (QED) is 0.591. The number of amidine groups is 1. The number of pyridine rings is 1. The smallest absolute Gasteiger partial charge is 0.144 e. The van der Waals surface area contributed by atoms with Crippen LogP contribution in [-0.4, -0.2) is 16.9 Å². The highest BCUT2D eigenvalue weighted by molar-refractivity contribution is 5.95. The zero-order valence-corrected chi connectivity index (χ0v) is 8.89. The van der Waals surface area contributed by atoms with Crippen LogP contribution in [0.15, 0.2) is 29.4 Å².